The quantitative estimate of drug-likeness (QED) is 0.839. The number of benzene rings is 1. The third-order valence-corrected chi connectivity index (χ3v) is 5.40. The van der Waals surface area contributed by atoms with Gasteiger partial charge in [0.2, 0.25) is 0 Å². The van der Waals surface area contributed by atoms with Crippen LogP contribution in [-0.2, 0) is 0 Å². The van der Waals surface area contributed by atoms with E-state index >= 15 is 0 Å². The maximum absolute atomic E-state index is 12.9. The highest BCUT2D eigenvalue weighted by molar-refractivity contribution is 6.30. The Bertz CT molecular complexity index is 719. The van der Waals surface area contributed by atoms with Crippen LogP contribution in [-0.4, -0.2) is 41.5 Å². The molecule has 0 saturated carbocycles. The van der Waals surface area contributed by atoms with Crippen LogP contribution in [0.25, 0.3) is 0 Å². The lowest BCUT2D eigenvalue weighted by Gasteiger charge is -2.39. The highest BCUT2D eigenvalue weighted by Crippen LogP contribution is 2.34. The van der Waals surface area contributed by atoms with E-state index in [1.807, 2.05) is 42.5 Å². The number of nitrogens with zero attached hydrogens (tertiary/aromatic N) is 3. The number of hydrogen-bond donors (Lipinski definition) is 0. The third-order valence-electron chi connectivity index (χ3n) is 5.18. The van der Waals surface area contributed by atoms with Crippen molar-refractivity contribution in [3.63, 3.8) is 0 Å². The van der Waals surface area contributed by atoms with Gasteiger partial charge < -0.3 is 9.80 Å². The number of anilines is 1. The van der Waals surface area contributed by atoms with Crippen LogP contribution in [0.5, 0.6) is 0 Å². The SMILES string of the molecule is O=C(c1ccccc1)N1CCC2CCN(c3ccc(Cl)cn3)CC21. The molecule has 3 heterocycles. The first-order chi connectivity index (χ1) is 11.7. The van der Waals surface area contributed by atoms with Crippen LogP contribution in [0.2, 0.25) is 5.02 Å². The summed E-state index contributed by atoms with van der Waals surface area (Å²) in [5, 5.41) is 0.649. The van der Waals surface area contributed by atoms with Crippen molar-refractivity contribution in [2.75, 3.05) is 24.5 Å². The Morgan fingerprint density at radius 1 is 1.08 bits per heavy atom. The predicted molar refractivity (Wildman–Crippen MR) is 95.5 cm³/mol. The summed E-state index contributed by atoms with van der Waals surface area (Å²) in [6.45, 7) is 2.69. The average Bonchev–Trinajstić information content (AvgIpc) is 3.05. The second kappa shape index (κ2) is 6.44. The lowest BCUT2D eigenvalue weighted by atomic mass is 9.92. The van der Waals surface area contributed by atoms with Gasteiger partial charge in [0.1, 0.15) is 5.82 Å². The minimum atomic E-state index is 0.147. The topological polar surface area (TPSA) is 36.4 Å². The molecule has 4 nitrogen and oxygen atoms in total. The van der Waals surface area contributed by atoms with E-state index in [1.165, 1.54) is 0 Å². The molecular weight excluding hydrogens is 322 g/mol. The predicted octanol–water partition coefficient (Wildman–Crippen LogP) is 3.48. The monoisotopic (exact) mass is 341 g/mol. The van der Waals surface area contributed by atoms with E-state index in [0.29, 0.717) is 10.9 Å². The van der Waals surface area contributed by atoms with Crippen LogP contribution in [0.1, 0.15) is 23.2 Å². The highest BCUT2D eigenvalue weighted by atomic mass is 35.5. The van der Waals surface area contributed by atoms with E-state index in [9.17, 15) is 4.79 Å². The zero-order valence-electron chi connectivity index (χ0n) is 13.4. The summed E-state index contributed by atoms with van der Waals surface area (Å²) in [6.07, 6.45) is 3.89. The van der Waals surface area contributed by atoms with Crippen LogP contribution in [0, 0.1) is 5.92 Å². The molecule has 2 aliphatic rings. The zero-order valence-corrected chi connectivity index (χ0v) is 14.2. The van der Waals surface area contributed by atoms with E-state index < -0.39 is 0 Å². The van der Waals surface area contributed by atoms with Crippen LogP contribution in [0.3, 0.4) is 0 Å². The molecule has 0 spiro atoms. The molecule has 124 valence electrons. The summed E-state index contributed by atoms with van der Waals surface area (Å²) >= 11 is 5.94. The fourth-order valence-electron chi connectivity index (χ4n) is 3.90. The molecule has 5 heteroatoms. The summed E-state index contributed by atoms with van der Waals surface area (Å²) in [5.74, 6) is 1.69. The molecule has 2 aromatic rings. The van der Waals surface area contributed by atoms with Crippen LogP contribution >= 0.6 is 11.6 Å². The molecule has 0 radical (unpaired) electrons. The van der Waals surface area contributed by atoms with E-state index in [4.69, 9.17) is 11.6 Å². The number of halogens is 1. The molecule has 2 unspecified atom stereocenters. The summed E-state index contributed by atoms with van der Waals surface area (Å²) in [7, 11) is 0. The van der Waals surface area contributed by atoms with Gasteiger partial charge in [-0.25, -0.2) is 4.98 Å². The molecule has 0 N–H and O–H groups in total. The molecule has 0 aliphatic carbocycles. The Hall–Kier alpha value is -2.07. The van der Waals surface area contributed by atoms with Gasteiger partial charge in [-0.05, 0) is 43.0 Å². The molecule has 4 rings (SSSR count). The molecular formula is C19H20ClN3O. The van der Waals surface area contributed by atoms with Crippen molar-refractivity contribution in [1.82, 2.24) is 9.88 Å². The molecule has 1 aromatic carbocycles. The Kier molecular flexibility index (Phi) is 4.15. The largest absolute Gasteiger partial charge is 0.355 e. The Morgan fingerprint density at radius 2 is 1.88 bits per heavy atom. The molecule has 2 aliphatic heterocycles. The highest BCUT2D eigenvalue weighted by Gasteiger charge is 2.41. The maximum Gasteiger partial charge on any atom is 0.254 e. The maximum atomic E-state index is 12.9. The van der Waals surface area contributed by atoms with Gasteiger partial charge in [0.25, 0.3) is 5.91 Å². The minimum absolute atomic E-state index is 0.147. The van der Waals surface area contributed by atoms with Crippen LogP contribution in [0.15, 0.2) is 48.7 Å². The van der Waals surface area contributed by atoms with E-state index in [0.717, 1.165) is 43.9 Å². The van der Waals surface area contributed by atoms with Crippen LogP contribution in [0.4, 0.5) is 5.82 Å². The molecule has 2 atom stereocenters. The van der Waals surface area contributed by atoms with Crippen LogP contribution < -0.4 is 4.90 Å². The smallest absolute Gasteiger partial charge is 0.254 e. The van der Waals surface area contributed by atoms with Gasteiger partial charge in [0, 0.05) is 31.4 Å². The Balaban J connectivity index is 1.53. The minimum Gasteiger partial charge on any atom is -0.355 e. The number of piperidine rings is 1. The lowest BCUT2D eigenvalue weighted by molar-refractivity contribution is 0.0712. The zero-order chi connectivity index (χ0) is 16.5. The fraction of sp³-hybridized carbons (Fsp3) is 0.368. The van der Waals surface area contributed by atoms with Crippen molar-refractivity contribution in [2.45, 2.75) is 18.9 Å². The number of pyridine rings is 1. The van der Waals surface area contributed by atoms with Crippen molar-refractivity contribution < 1.29 is 4.79 Å². The van der Waals surface area contributed by atoms with E-state index in [2.05, 4.69) is 14.8 Å². The van der Waals surface area contributed by atoms with Gasteiger partial charge in [-0.3, -0.25) is 4.79 Å². The Morgan fingerprint density at radius 3 is 2.62 bits per heavy atom. The standard InChI is InChI=1S/C19H20ClN3O/c20-16-6-7-18(21-12-16)22-10-8-14-9-11-23(17(14)13-22)19(24)15-4-2-1-3-5-15/h1-7,12,14,17H,8-11,13H2. The summed E-state index contributed by atoms with van der Waals surface area (Å²) in [5.41, 5.74) is 0.778. The number of likely N-dealkylation sites (tertiary alicyclic amines) is 1. The fourth-order valence-corrected chi connectivity index (χ4v) is 4.01. The second-order valence-corrected chi connectivity index (χ2v) is 6.99. The first kappa shape index (κ1) is 15.5. The lowest BCUT2D eigenvalue weighted by Crippen LogP contribution is -2.50. The van der Waals surface area contributed by atoms with Gasteiger partial charge in [-0.2, -0.15) is 0 Å². The summed E-state index contributed by atoms with van der Waals surface area (Å²) in [4.78, 5) is 21.6. The number of amides is 1. The summed E-state index contributed by atoms with van der Waals surface area (Å²) in [6, 6.07) is 13.7. The van der Waals surface area contributed by atoms with E-state index in [-0.39, 0.29) is 11.9 Å². The number of hydrogen-bond acceptors (Lipinski definition) is 3. The number of rotatable bonds is 2. The molecule has 2 fully saturated rings. The van der Waals surface area contributed by atoms with Gasteiger partial charge in [-0.15, -0.1) is 0 Å². The average molecular weight is 342 g/mol. The molecule has 24 heavy (non-hydrogen) atoms. The molecule has 2 saturated heterocycles. The molecule has 1 amide bonds. The molecule has 1 aromatic heterocycles. The van der Waals surface area contributed by atoms with Crippen molar-refractivity contribution in [1.29, 1.82) is 0 Å². The normalized spacial score (nSPS) is 23.2. The third kappa shape index (κ3) is 2.86. The molecule has 0 bridgehead atoms. The Labute approximate surface area is 147 Å². The first-order valence-electron chi connectivity index (χ1n) is 8.45. The number of carbonyl (C=O) groups is 1. The van der Waals surface area contributed by atoms with Crippen molar-refractivity contribution in [3.8, 4) is 0 Å². The number of carbonyl (C=O) groups excluding carboxylic acids is 1. The van der Waals surface area contributed by atoms with Gasteiger partial charge in [-0.1, -0.05) is 29.8 Å². The van der Waals surface area contributed by atoms with Gasteiger partial charge in [0.05, 0.1) is 11.1 Å². The van der Waals surface area contributed by atoms with Crippen molar-refractivity contribution >= 4 is 23.3 Å². The summed E-state index contributed by atoms with van der Waals surface area (Å²) < 4.78 is 0. The van der Waals surface area contributed by atoms with Gasteiger partial charge >= 0.3 is 0 Å². The van der Waals surface area contributed by atoms with E-state index in [1.54, 1.807) is 6.20 Å². The van der Waals surface area contributed by atoms with Crippen molar-refractivity contribution in [3.05, 3.63) is 59.2 Å². The van der Waals surface area contributed by atoms with Gasteiger partial charge in [0.15, 0.2) is 0 Å². The first-order valence-corrected chi connectivity index (χ1v) is 8.83. The number of fused-ring (bicyclic) bond motifs is 1. The second-order valence-electron chi connectivity index (χ2n) is 6.55. The number of aromatic nitrogens is 1. The van der Waals surface area contributed by atoms with Crippen molar-refractivity contribution in [2.24, 2.45) is 5.92 Å².